The first-order valence-electron chi connectivity index (χ1n) is 6.36. The molecular weight excluding hydrogens is 328 g/mol. The first kappa shape index (κ1) is 18.8. The van der Waals surface area contributed by atoms with Crippen molar-refractivity contribution >= 4 is 33.5 Å². The van der Waals surface area contributed by atoms with E-state index in [-0.39, 0.29) is 5.75 Å². The van der Waals surface area contributed by atoms with Gasteiger partial charge in [0.1, 0.15) is 12.6 Å². The number of carboxylic acid groups (broad SMARTS) is 1. The quantitative estimate of drug-likeness (QED) is 0.385. The summed E-state index contributed by atoms with van der Waals surface area (Å²) in [7, 11) is 2.62. The summed E-state index contributed by atoms with van der Waals surface area (Å²) in [5.74, 6) is 3.19. The highest BCUT2D eigenvalue weighted by molar-refractivity contribution is 8.76. The average molecular weight is 346 g/mol. The van der Waals surface area contributed by atoms with Crippen molar-refractivity contribution in [2.45, 2.75) is 24.0 Å². The number of carbonyl (C=O) groups is 2. The largest absolute Gasteiger partial charge is 0.480 e. The van der Waals surface area contributed by atoms with E-state index in [1.807, 2.05) is 24.3 Å². The van der Waals surface area contributed by atoms with Crippen molar-refractivity contribution < 1.29 is 24.6 Å². The lowest BCUT2D eigenvalue weighted by atomic mass is 10.1. The van der Waals surface area contributed by atoms with Gasteiger partial charge < -0.3 is 15.5 Å². The Kier molecular flexibility index (Phi) is 8.28. The third-order valence-electron chi connectivity index (χ3n) is 2.60. The fourth-order valence-corrected chi connectivity index (χ4v) is 4.03. The number of amides is 1. The zero-order chi connectivity index (χ0) is 16.5. The normalized spacial score (nSPS) is 13.4. The number of hydrogen-bond acceptors (Lipinski definition) is 7. The molecule has 1 aromatic rings. The molecule has 7 nitrogen and oxygen atoms in total. The fourth-order valence-electron chi connectivity index (χ4n) is 1.55. The van der Waals surface area contributed by atoms with Gasteiger partial charge in [0.2, 0.25) is 5.91 Å². The Labute approximate surface area is 136 Å². The molecule has 1 amide bonds. The van der Waals surface area contributed by atoms with Gasteiger partial charge in [-0.25, -0.2) is 10.7 Å². The number of aliphatic hydroxyl groups excluding tert-OH is 1. The lowest BCUT2D eigenvalue weighted by molar-refractivity contribution is -0.141. The van der Waals surface area contributed by atoms with E-state index < -0.39 is 30.6 Å². The van der Waals surface area contributed by atoms with E-state index in [0.717, 1.165) is 10.5 Å². The molecule has 5 N–H and O–H groups in total. The van der Waals surface area contributed by atoms with Gasteiger partial charge >= 0.3 is 5.97 Å². The molecule has 22 heavy (non-hydrogen) atoms. The average Bonchev–Trinajstić information content (AvgIpc) is 2.46. The Morgan fingerprint density at radius 2 is 2.09 bits per heavy atom. The molecule has 1 rings (SSSR count). The van der Waals surface area contributed by atoms with Crippen molar-refractivity contribution in [3.05, 3.63) is 29.8 Å². The molecule has 0 saturated heterocycles. The summed E-state index contributed by atoms with van der Waals surface area (Å²) in [6, 6.07) is 6.27. The maximum Gasteiger partial charge on any atom is 0.327 e. The van der Waals surface area contributed by atoms with Gasteiger partial charge in [0.15, 0.2) is 0 Å². The van der Waals surface area contributed by atoms with Crippen LogP contribution < -0.4 is 11.2 Å². The SMILES string of the molecule is CC(O)c1ccccc1SSCC(NC(=O)CON)C(=O)O. The molecule has 0 aromatic heterocycles. The first-order valence-corrected chi connectivity index (χ1v) is 8.68. The minimum absolute atomic E-state index is 0.157. The second kappa shape index (κ2) is 9.70. The standard InChI is InChI=1S/C13H18N2O5S2/c1-8(16)9-4-2-3-5-11(9)22-21-7-10(13(18)19)15-12(17)6-20-14/h2-5,8,10,16H,6-7,14H2,1H3,(H,15,17)(H,18,19). The lowest BCUT2D eigenvalue weighted by Gasteiger charge is -2.14. The second-order valence-corrected chi connectivity index (χ2v) is 6.73. The number of hydrogen-bond donors (Lipinski definition) is 4. The monoisotopic (exact) mass is 346 g/mol. The third-order valence-corrected chi connectivity index (χ3v) is 5.04. The molecular formula is C13H18N2O5S2. The Bertz CT molecular complexity index is 513. The number of carbonyl (C=O) groups excluding carboxylic acids is 1. The van der Waals surface area contributed by atoms with Crippen molar-refractivity contribution in [1.82, 2.24) is 5.32 Å². The van der Waals surface area contributed by atoms with Crippen molar-refractivity contribution in [3.63, 3.8) is 0 Å². The maximum atomic E-state index is 11.3. The van der Waals surface area contributed by atoms with E-state index in [4.69, 9.17) is 11.0 Å². The highest BCUT2D eigenvalue weighted by atomic mass is 33.1. The van der Waals surface area contributed by atoms with E-state index >= 15 is 0 Å². The molecule has 0 spiro atoms. The van der Waals surface area contributed by atoms with E-state index in [1.165, 1.54) is 21.6 Å². The summed E-state index contributed by atoms with van der Waals surface area (Å²) < 4.78 is 0. The second-order valence-electron chi connectivity index (χ2n) is 4.35. The molecule has 122 valence electrons. The summed E-state index contributed by atoms with van der Waals surface area (Å²) in [4.78, 5) is 27.4. The van der Waals surface area contributed by atoms with Crippen LogP contribution in [-0.2, 0) is 14.4 Å². The maximum absolute atomic E-state index is 11.3. The zero-order valence-electron chi connectivity index (χ0n) is 11.9. The van der Waals surface area contributed by atoms with Crippen LogP contribution in [0.2, 0.25) is 0 Å². The molecule has 0 heterocycles. The number of carboxylic acids is 1. The number of nitrogens with two attached hydrogens (primary N) is 1. The molecule has 0 radical (unpaired) electrons. The van der Waals surface area contributed by atoms with Crippen LogP contribution in [0.3, 0.4) is 0 Å². The van der Waals surface area contributed by atoms with E-state index in [0.29, 0.717) is 0 Å². The van der Waals surface area contributed by atoms with Gasteiger partial charge in [-0.3, -0.25) is 9.63 Å². The van der Waals surface area contributed by atoms with Crippen LogP contribution in [0.15, 0.2) is 29.2 Å². The van der Waals surface area contributed by atoms with Crippen LogP contribution in [0.25, 0.3) is 0 Å². The Balaban J connectivity index is 2.56. The molecule has 0 bridgehead atoms. The van der Waals surface area contributed by atoms with Crippen molar-refractivity contribution in [2.75, 3.05) is 12.4 Å². The van der Waals surface area contributed by atoms with Gasteiger partial charge in [0, 0.05) is 10.6 Å². The van der Waals surface area contributed by atoms with Crippen molar-refractivity contribution in [1.29, 1.82) is 0 Å². The molecule has 0 aliphatic rings. The van der Waals surface area contributed by atoms with Crippen LogP contribution in [0.1, 0.15) is 18.6 Å². The molecule has 0 aliphatic carbocycles. The van der Waals surface area contributed by atoms with Crippen LogP contribution in [-0.4, -0.2) is 40.5 Å². The Morgan fingerprint density at radius 3 is 2.68 bits per heavy atom. The number of benzene rings is 1. The topological polar surface area (TPSA) is 122 Å². The first-order chi connectivity index (χ1) is 10.5. The van der Waals surface area contributed by atoms with Gasteiger partial charge in [0.25, 0.3) is 0 Å². The van der Waals surface area contributed by atoms with Crippen LogP contribution in [0.4, 0.5) is 0 Å². The zero-order valence-corrected chi connectivity index (χ0v) is 13.5. The van der Waals surface area contributed by atoms with Gasteiger partial charge in [-0.05, 0) is 18.6 Å². The smallest absolute Gasteiger partial charge is 0.327 e. The van der Waals surface area contributed by atoms with E-state index in [9.17, 15) is 14.7 Å². The summed E-state index contributed by atoms with van der Waals surface area (Å²) in [5, 5.41) is 21.1. The summed E-state index contributed by atoms with van der Waals surface area (Å²) in [5.41, 5.74) is 0.771. The van der Waals surface area contributed by atoms with Gasteiger partial charge in [-0.1, -0.05) is 39.8 Å². The van der Waals surface area contributed by atoms with Crippen molar-refractivity contribution in [3.8, 4) is 0 Å². The van der Waals surface area contributed by atoms with Crippen LogP contribution in [0.5, 0.6) is 0 Å². The lowest BCUT2D eigenvalue weighted by Crippen LogP contribution is -2.44. The third kappa shape index (κ3) is 6.24. The summed E-state index contributed by atoms with van der Waals surface area (Å²) in [6.45, 7) is 1.27. The number of aliphatic carboxylic acids is 1. The number of nitrogens with one attached hydrogen (secondary N) is 1. The molecule has 0 aliphatic heterocycles. The molecule has 1 aromatic carbocycles. The predicted molar refractivity (Wildman–Crippen MR) is 85.1 cm³/mol. The molecule has 0 saturated carbocycles. The van der Waals surface area contributed by atoms with Gasteiger partial charge in [-0.2, -0.15) is 0 Å². The Hall–Kier alpha value is -1.26. The molecule has 2 atom stereocenters. The number of aliphatic hydroxyl groups is 1. The van der Waals surface area contributed by atoms with Crippen LogP contribution >= 0.6 is 21.6 Å². The van der Waals surface area contributed by atoms with E-state index in [1.54, 1.807) is 6.92 Å². The van der Waals surface area contributed by atoms with Gasteiger partial charge in [0.05, 0.1) is 6.10 Å². The molecule has 2 unspecified atom stereocenters. The highest BCUT2D eigenvalue weighted by Gasteiger charge is 2.20. The van der Waals surface area contributed by atoms with Crippen LogP contribution in [0, 0.1) is 0 Å². The Morgan fingerprint density at radius 1 is 1.41 bits per heavy atom. The minimum Gasteiger partial charge on any atom is -0.480 e. The van der Waals surface area contributed by atoms with E-state index in [2.05, 4.69) is 10.2 Å². The fraction of sp³-hybridized carbons (Fsp3) is 0.385. The van der Waals surface area contributed by atoms with Crippen molar-refractivity contribution in [2.24, 2.45) is 5.90 Å². The molecule has 0 fully saturated rings. The highest BCUT2D eigenvalue weighted by Crippen LogP contribution is 2.36. The number of rotatable bonds is 9. The minimum atomic E-state index is -1.14. The summed E-state index contributed by atoms with van der Waals surface area (Å²) in [6.07, 6.45) is -0.610. The van der Waals surface area contributed by atoms with Gasteiger partial charge in [-0.15, -0.1) is 0 Å². The molecule has 9 heteroatoms. The summed E-state index contributed by atoms with van der Waals surface area (Å²) >= 11 is 0. The predicted octanol–water partition coefficient (Wildman–Crippen LogP) is 0.940.